The molecule has 5 heteroatoms. The van der Waals surface area contributed by atoms with Crippen LogP contribution in [-0.2, 0) is 5.60 Å². The average molecular weight is 585 g/mol. The minimum atomic E-state index is -1.83. The molecule has 0 saturated heterocycles. The zero-order valence-corrected chi connectivity index (χ0v) is 25.8. The first-order valence-corrected chi connectivity index (χ1v) is 15.6. The van der Waals surface area contributed by atoms with E-state index in [9.17, 15) is 15.3 Å². The quantitative estimate of drug-likeness (QED) is 0.146. The minimum absolute atomic E-state index is 0.545. The number of rotatable bonds is 7. The topological polar surface area (TPSA) is 76.0 Å². The Morgan fingerprint density at radius 2 is 1.25 bits per heavy atom. The lowest BCUT2D eigenvalue weighted by atomic mass is 9.58. The van der Waals surface area contributed by atoms with E-state index in [1.165, 1.54) is 0 Å². The van der Waals surface area contributed by atoms with Gasteiger partial charge in [0.25, 0.3) is 0 Å². The first-order valence-electron chi connectivity index (χ1n) is 15.6. The van der Waals surface area contributed by atoms with Gasteiger partial charge in [0.05, 0.1) is 12.2 Å². The van der Waals surface area contributed by atoms with Crippen molar-refractivity contribution < 1.29 is 15.3 Å². The van der Waals surface area contributed by atoms with Crippen LogP contribution in [0.3, 0.4) is 0 Å². The molecule has 6 aromatic rings. The number of nitrogens with one attached hydrogen (secondary N) is 1. The summed E-state index contributed by atoms with van der Waals surface area (Å²) >= 11 is 0. The maximum atomic E-state index is 12.2. The van der Waals surface area contributed by atoms with Gasteiger partial charge in [-0.3, -0.25) is 0 Å². The fourth-order valence-electron chi connectivity index (χ4n) is 7.19. The molecule has 0 aromatic heterocycles. The molecule has 1 aliphatic carbocycles. The van der Waals surface area contributed by atoms with E-state index in [0.29, 0.717) is 11.5 Å². The van der Waals surface area contributed by atoms with Crippen molar-refractivity contribution in [1.29, 1.82) is 0 Å². The highest BCUT2D eigenvalue weighted by Crippen LogP contribution is 2.55. The summed E-state index contributed by atoms with van der Waals surface area (Å²) in [6.07, 6.45) is -1.37. The van der Waals surface area contributed by atoms with Crippen LogP contribution in [0.1, 0.15) is 37.3 Å². The molecule has 5 nitrogen and oxygen atoms in total. The molecule has 0 aliphatic heterocycles. The second kappa shape index (κ2) is 10.8. The summed E-state index contributed by atoms with van der Waals surface area (Å²) in [6.45, 7) is 5.25. The molecule has 0 bridgehead atoms. The number of anilines is 2. The van der Waals surface area contributed by atoms with Crippen molar-refractivity contribution in [2.75, 3.05) is 30.9 Å². The Kier molecular flexibility index (Phi) is 7.00. The molecule has 0 amide bonds. The average Bonchev–Trinajstić information content (AvgIpc) is 3.02. The van der Waals surface area contributed by atoms with Crippen molar-refractivity contribution in [3.63, 3.8) is 0 Å². The highest BCUT2D eigenvalue weighted by Gasteiger charge is 2.63. The monoisotopic (exact) mass is 584 g/mol. The lowest BCUT2D eigenvalue weighted by molar-refractivity contribution is -0.245. The van der Waals surface area contributed by atoms with Crippen molar-refractivity contribution in [2.24, 2.45) is 5.92 Å². The van der Waals surface area contributed by atoms with E-state index < -0.39 is 23.7 Å². The van der Waals surface area contributed by atoms with E-state index in [1.807, 2.05) is 62.6 Å². The van der Waals surface area contributed by atoms with Crippen molar-refractivity contribution in [1.82, 2.24) is 0 Å². The lowest BCUT2D eigenvalue weighted by Crippen LogP contribution is -2.66. The van der Waals surface area contributed by atoms with E-state index in [1.54, 1.807) is 0 Å². The highest BCUT2D eigenvalue weighted by molar-refractivity contribution is 6.07. The first kappa shape index (κ1) is 28.6. The summed E-state index contributed by atoms with van der Waals surface area (Å²) in [7, 11) is 4.04. The van der Waals surface area contributed by atoms with Gasteiger partial charge in [-0.25, -0.2) is 0 Å². The molecule has 2 atom stereocenters. The first-order chi connectivity index (χ1) is 21.2. The molecule has 0 heterocycles. The van der Waals surface area contributed by atoms with Gasteiger partial charge in [0, 0.05) is 48.7 Å². The van der Waals surface area contributed by atoms with Crippen LogP contribution >= 0.6 is 0 Å². The van der Waals surface area contributed by atoms with Gasteiger partial charge < -0.3 is 25.5 Å². The second-order valence-electron chi connectivity index (χ2n) is 13.1. The molecular weight excluding hydrogens is 544 g/mol. The number of nitrogens with zero attached hydrogens (tertiary/aromatic N) is 1. The number of aliphatic hydroxyl groups is 3. The Bertz CT molecular complexity index is 2020. The number of aliphatic hydroxyl groups excluding tert-OH is 2. The van der Waals surface area contributed by atoms with Crippen LogP contribution < -0.4 is 10.2 Å². The molecule has 1 aliphatic rings. The maximum absolute atomic E-state index is 12.2. The molecule has 4 N–H and O–H groups in total. The van der Waals surface area contributed by atoms with Gasteiger partial charge in [-0.2, -0.15) is 0 Å². The minimum Gasteiger partial charge on any atom is -0.389 e. The fourth-order valence-corrected chi connectivity index (χ4v) is 7.19. The Morgan fingerprint density at radius 1 is 0.705 bits per heavy atom. The van der Waals surface area contributed by atoms with Crippen molar-refractivity contribution in [3.05, 3.63) is 108 Å². The third-order valence-electron chi connectivity index (χ3n) is 9.67. The van der Waals surface area contributed by atoms with Gasteiger partial charge in [-0.1, -0.05) is 74.5 Å². The summed E-state index contributed by atoms with van der Waals surface area (Å²) in [5.41, 5.74) is 1.60. The number of benzene rings is 6. The Hall–Kier alpha value is -4.16. The largest absolute Gasteiger partial charge is 0.389 e. The Labute approximate surface area is 258 Å². The summed E-state index contributed by atoms with van der Waals surface area (Å²) < 4.78 is 0. The Balaban J connectivity index is 1.35. The van der Waals surface area contributed by atoms with E-state index in [4.69, 9.17) is 0 Å². The molecule has 6 aromatic carbocycles. The highest BCUT2D eigenvalue weighted by atomic mass is 16.4. The lowest BCUT2D eigenvalue weighted by Gasteiger charge is -2.54. The van der Waals surface area contributed by atoms with Gasteiger partial charge in [0.15, 0.2) is 0 Å². The zero-order chi connectivity index (χ0) is 30.7. The molecule has 0 radical (unpaired) electrons. The van der Waals surface area contributed by atoms with Crippen molar-refractivity contribution >= 4 is 54.5 Å². The van der Waals surface area contributed by atoms with Gasteiger partial charge >= 0.3 is 0 Å². The van der Waals surface area contributed by atoms with Gasteiger partial charge in [0.1, 0.15) is 5.60 Å². The summed E-state index contributed by atoms with van der Waals surface area (Å²) in [5, 5.41) is 47.7. The SMILES string of the molecule is CC(C)CCNc1ccc(C2(O)C(O)C(c3ccc(N(C)C)c4cc5ccccc5cc34)C2O)c2cc3ccccc3cc12. The van der Waals surface area contributed by atoms with Crippen LogP contribution in [0.4, 0.5) is 11.4 Å². The predicted molar refractivity (Wildman–Crippen MR) is 184 cm³/mol. The van der Waals surface area contributed by atoms with E-state index in [2.05, 4.69) is 72.6 Å². The number of hydrogen-bond donors (Lipinski definition) is 4. The molecule has 1 fully saturated rings. The van der Waals surface area contributed by atoms with Crippen LogP contribution in [-0.4, -0.2) is 48.2 Å². The van der Waals surface area contributed by atoms with Crippen molar-refractivity contribution in [3.8, 4) is 0 Å². The summed E-state index contributed by atoms with van der Waals surface area (Å²) in [5.74, 6) is -0.0770. The molecule has 0 spiro atoms. The number of hydrogen-bond acceptors (Lipinski definition) is 5. The van der Waals surface area contributed by atoms with Crippen LogP contribution in [0.2, 0.25) is 0 Å². The second-order valence-corrected chi connectivity index (χ2v) is 13.1. The van der Waals surface area contributed by atoms with E-state index in [0.717, 1.165) is 73.0 Å². The zero-order valence-electron chi connectivity index (χ0n) is 25.8. The van der Waals surface area contributed by atoms with Crippen LogP contribution in [0.15, 0.2) is 97.1 Å². The van der Waals surface area contributed by atoms with E-state index in [-0.39, 0.29) is 0 Å². The smallest absolute Gasteiger partial charge is 0.143 e. The molecular formula is C39H40N2O3. The summed E-state index contributed by atoms with van der Waals surface area (Å²) in [4.78, 5) is 2.08. The standard InChI is InChI=1S/C39H40N2O3/c1-23(2)17-18-40-34-15-14-33(30-20-25-10-6-7-11-26(25)21-31(30)34)39(44)37(42)36(38(39)43)28-13-16-35(41(3)4)32-22-27-12-8-5-9-24(27)19-29(28)32/h5-16,19-23,36-38,40,42-44H,17-18H2,1-4H3. The number of fused-ring (bicyclic) bond motifs is 4. The molecule has 2 unspecified atom stereocenters. The molecule has 1 saturated carbocycles. The maximum Gasteiger partial charge on any atom is 0.143 e. The van der Waals surface area contributed by atoms with Gasteiger partial charge in [-0.15, -0.1) is 0 Å². The molecule has 7 rings (SSSR count). The van der Waals surface area contributed by atoms with Gasteiger partial charge in [0.2, 0.25) is 0 Å². The Morgan fingerprint density at radius 3 is 1.82 bits per heavy atom. The summed E-state index contributed by atoms with van der Waals surface area (Å²) in [6, 6.07) is 32.8. The fraction of sp³-hybridized carbons (Fsp3) is 0.282. The third kappa shape index (κ3) is 4.42. The molecule has 44 heavy (non-hydrogen) atoms. The van der Waals surface area contributed by atoms with Crippen LogP contribution in [0.25, 0.3) is 43.1 Å². The third-order valence-corrected chi connectivity index (χ3v) is 9.67. The van der Waals surface area contributed by atoms with Crippen molar-refractivity contribution in [2.45, 2.75) is 44.0 Å². The molecule has 224 valence electrons. The van der Waals surface area contributed by atoms with Crippen LogP contribution in [0.5, 0.6) is 0 Å². The van der Waals surface area contributed by atoms with Gasteiger partial charge in [-0.05, 0) is 92.2 Å². The normalized spacial score (nSPS) is 21.8. The van der Waals surface area contributed by atoms with E-state index >= 15 is 0 Å². The predicted octanol–water partition coefficient (Wildman–Crippen LogP) is 7.53. The van der Waals surface area contributed by atoms with Crippen LogP contribution in [0, 0.1) is 5.92 Å².